The van der Waals surface area contributed by atoms with Crippen LogP contribution in [0, 0.1) is 6.92 Å². The number of methoxy groups -OCH3 is 2. The summed E-state index contributed by atoms with van der Waals surface area (Å²) in [6, 6.07) is 9.54. The molecule has 8 heteroatoms. The molecule has 0 spiro atoms. The van der Waals surface area contributed by atoms with Gasteiger partial charge >= 0.3 is 0 Å². The average Bonchev–Trinajstić information content (AvgIpc) is 2.78. The number of benzene rings is 2. The maximum Gasteiger partial charge on any atom is 0.226 e. The maximum atomic E-state index is 12.3. The molecule has 0 atom stereocenters. The number of fused-ring (bicyclic) bond motifs is 1. The highest BCUT2D eigenvalue weighted by molar-refractivity contribution is 6.31. The van der Waals surface area contributed by atoms with E-state index in [1.807, 2.05) is 31.2 Å². The highest BCUT2D eigenvalue weighted by Gasteiger charge is 2.21. The van der Waals surface area contributed by atoms with Crippen molar-refractivity contribution >= 4 is 29.2 Å². The van der Waals surface area contributed by atoms with Gasteiger partial charge in [0.1, 0.15) is 0 Å². The first-order valence-corrected chi connectivity index (χ1v) is 10.6. The summed E-state index contributed by atoms with van der Waals surface area (Å²) in [5, 5.41) is 6.85. The van der Waals surface area contributed by atoms with E-state index in [-0.39, 0.29) is 5.91 Å². The molecule has 3 rings (SSSR count). The van der Waals surface area contributed by atoms with E-state index >= 15 is 0 Å². The number of carbonyl (C=O) groups excluding carboxylic acids is 1. The Kier molecular flexibility index (Phi) is 7.63. The summed E-state index contributed by atoms with van der Waals surface area (Å²) in [5.41, 5.74) is 4.03. The van der Waals surface area contributed by atoms with E-state index in [0.29, 0.717) is 24.5 Å². The van der Waals surface area contributed by atoms with E-state index in [0.717, 1.165) is 41.7 Å². The molecule has 2 aromatic carbocycles. The Bertz CT molecular complexity index is 978. The molecule has 0 aromatic heterocycles. The smallest absolute Gasteiger partial charge is 0.226 e. The molecule has 0 fully saturated rings. The molecule has 0 aliphatic carbocycles. The highest BCUT2D eigenvalue weighted by atomic mass is 35.5. The Morgan fingerprint density at radius 3 is 2.58 bits per heavy atom. The van der Waals surface area contributed by atoms with Crippen molar-refractivity contribution in [1.29, 1.82) is 0 Å². The summed E-state index contributed by atoms with van der Waals surface area (Å²) in [4.78, 5) is 18.9. The zero-order valence-electron chi connectivity index (χ0n) is 18.4. The Hall–Kier alpha value is -2.93. The van der Waals surface area contributed by atoms with Crippen LogP contribution in [0.1, 0.15) is 23.1 Å². The summed E-state index contributed by atoms with van der Waals surface area (Å²) in [5.74, 6) is 2.17. The number of hydrogen-bond acceptors (Lipinski definition) is 4. The number of amides is 1. The largest absolute Gasteiger partial charge is 0.493 e. The van der Waals surface area contributed by atoms with E-state index in [9.17, 15) is 4.79 Å². The predicted octanol–water partition coefficient (Wildman–Crippen LogP) is 3.63. The first-order valence-electron chi connectivity index (χ1n) is 10.2. The number of rotatable bonds is 6. The van der Waals surface area contributed by atoms with Gasteiger partial charge in [-0.25, -0.2) is 0 Å². The number of nitrogens with one attached hydrogen (secondary N) is 2. The van der Waals surface area contributed by atoms with Gasteiger partial charge in [-0.05, 0) is 54.3 Å². The van der Waals surface area contributed by atoms with Crippen LogP contribution in [-0.4, -0.2) is 51.1 Å². The van der Waals surface area contributed by atoms with E-state index in [4.69, 9.17) is 21.1 Å². The molecule has 31 heavy (non-hydrogen) atoms. The number of ether oxygens (including phenoxy) is 2. The van der Waals surface area contributed by atoms with Crippen molar-refractivity contribution in [3.05, 3.63) is 52.0 Å². The normalized spacial score (nSPS) is 13.5. The van der Waals surface area contributed by atoms with Gasteiger partial charge in [0.15, 0.2) is 17.5 Å². The summed E-state index contributed by atoms with van der Waals surface area (Å²) in [7, 11) is 5.04. The van der Waals surface area contributed by atoms with Crippen molar-refractivity contribution in [2.75, 3.05) is 39.7 Å². The van der Waals surface area contributed by atoms with Gasteiger partial charge in [0.05, 0.1) is 14.2 Å². The fraction of sp³-hybridized carbons (Fsp3) is 0.391. The van der Waals surface area contributed by atoms with Crippen molar-refractivity contribution in [3.8, 4) is 11.5 Å². The summed E-state index contributed by atoms with van der Waals surface area (Å²) < 4.78 is 10.8. The second-order valence-corrected chi connectivity index (χ2v) is 7.74. The van der Waals surface area contributed by atoms with Crippen LogP contribution in [0.15, 0.2) is 35.3 Å². The first-order chi connectivity index (χ1) is 15.0. The van der Waals surface area contributed by atoms with E-state index in [1.54, 1.807) is 27.3 Å². The second kappa shape index (κ2) is 10.4. The van der Waals surface area contributed by atoms with Crippen molar-refractivity contribution in [2.45, 2.75) is 26.3 Å². The number of carbonyl (C=O) groups is 1. The zero-order chi connectivity index (χ0) is 22.4. The topological polar surface area (TPSA) is 75.2 Å². The van der Waals surface area contributed by atoms with Gasteiger partial charge in [0.25, 0.3) is 0 Å². The molecule has 1 heterocycles. The van der Waals surface area contributed by atoms with E-state index < -0.39 is 0 Å². The van der Waals surface area contributed by atoms with E-state index in [2.05, 4.69) is 20.5 Å². The van der Waals surface area contributed by atoms with Gasteiger partial charge < -0.3 is 25.0 Å². The van der Waals surface area contributed by atoms with Crippen LogP contribution >= 0.6 is 11.6 Å². The fourth-order valence-electron chi connectivity index (χ4n) is 3.64. The third kappa shape index (κ3) is 5.41. The molecule has 7 nitrogen and oxygen atoms in total. The molecule has 0 bridgehead atoms. The lowest BCUT2D eigenvalue weighted by Gasteiger charge is -2.32. The molecule has 0 radical (unpaired) electrons. The minimum atomic E-state index is -0.0749. The molecule has 2 aromatic rings. The monoisotopic (exact) mass is 444 g/mol. The average molecular weight is 445 g/mol. The lowest BCUT2D eigenvalue weighted by Crippen LogP contribution is -2.44. The Morgan fingerprint density at radius 1 is 1.19 bits per heavy atom. The molecule has 0 saturated heterocycles. The highest BCUT2D eigenvalue weighted by Crippen LogP contribution is 2.33. The maximum absolute atomic E-state index is 12.3. The third-order valence-electron chi connectivity index (χ3n) is 5.41. The van der Waals surface area contributed by atoms with Crippen LogP contribution in [0.25, 0.3) is 0 Å². The van der Waals surface area contributed by atoms with Gasteiger partial charge in [-0.2, -0.15) is 0 Å². The molecular weight excluding hydrogens is 416 g/mol. The van der Waals surface area contributed by atoms with Gasteiger partial charge in [0, 0.05) is 43.8 Å². The standard InChI is InChI=1S/C23H29ClN4O3/c1-15-18(24)6-5-7-19(15)27-22(29)8-10-26-23(25-2)28-11-9-16-12-20(30-3)21(31-4)13-17(16)14-28/h5-7,12-13H,8-11,14H2,1-4H3,(H,25,26)(H,27,29). The Morgan fingerprint density at radius 2 is 1.90 bits per heavy atom. The number of halogens is 1. The van der Waals surface area contributed by atoms with Crippen LogP contribution < -0.4 is 20.1 Å². The van der Waals surface area contributed by atoms with E-state index in [1.165, 1.54) is 11.1 Å². The molecule has 1 amide bonds. The molecule has 2 N–H and O–H groups in total. The van der Waals surface area contributed by atoms with Gasteiger partial charge in [-0.15, -0.1) is 0 Å². The van der Waals surface area contributed by atoms with Gasteiger partial charge in [-0.3, -0.25) is 9.79 Å². The number of aliphatic imine (C=N–C) groups is 1. The van der Waals surface area contributed by atoms with Crippen LogP contribution in [0.2, 0.25) is 5.02 Å². The quantitative estimate of drug-likeness (QED) is 0.525. The van der Waals surface area contributed by atoms with Crippen LogP contribution in [0.3, 0.4) is 0 Å². The van der Waals surface area contributed by atoms with Crippen molar-refractivity contribution in [3.63, 3.8) is 0 Å². The number of guanidine groups is 1. The van der Waals surface area contributed by atoms with Crippen molar-refractivity contribution in [1.82, 2.24) is 10.2 Å². The van der Waals surface area contributed by atoms with Crippen LogP contribution in [-0.2, 0) is 17.8 Å². The molecular formula is C23H29ClN4O3. The van der Waals surface area contributed by atoms with Crippen LogP contribution in [0.4, 0.5) is 5.69 Å². The summed E-state index contributed by atoms with van der Waals surface area (Å²) in [6.07, 6.45) is 1.20. The summed E-state index contributed by atoms with van der Waals surface area (Å²) in [6.45, 7) is 3.91. The second-order valence-electron chi connectivity index (χ2n) is 7.33. The molecule has 1 aliphatic heterocycles. The number of anilines is 1. The van der Waals surface area contributed by atoms with Crippen molar-refractivity contribution < 1.29 is 14.3 Å². The lowest BCUT2D eigenvalue weighted by atomic mass is 9.99. The number of nitrogens with zero attached hydrogens (tertiary/aromatic N) is 2. The number of hydrogen-bond donors (Lipinski definition) is 2. The molecule has 166 valence electrons. The Labute approximate surface area is 188 Å². The Balaban J connectivity index is 1.56. The van der Waals surface area contributed by atoms with Gasteiger partial charge in [0.2, 0.25) is 5.91 Å². The predicted molar refractivity (Wildman–Crippen MR) is 124 cm³/mol. The minimum absolute atomic E-state index is 0.0749. The molecule has 0 saturated carbocycles. The first kappa shape index (κ1) is 22.7. The van der Waals surface area contributed by atoms with Crippen LogP contribution in [0.5, 0.6) is 11.5 Å². The van der Waals surface area contributed by atoms with Gasteiger partial charge in [-0.1, -0.05) is 17.7 Å². The van der Waals surface area contributed by atoms with Crippen molar-refractivity contribution in [2.24, 2.45) is 4.99 Å². The lowest BCUT2D eigenvalue weighted by molar-refractivity contribution is -0.116. The zero-order valence-corrected chi connectivity index (χ0v) is 19.2. The summed E-state index contributed by atoms with van der Waals surface area (Å²) >= 11 is 6.12. The molecule has 1 aliphatic rings. The third-order valence-corrected chi connectivity index (χ3v) is 5.82. The molecule has 0 unspecified atom stereocenters. The SMILES string of the molecule is CN=C(NCCC(=O)Nc1cccc(Cl)c1C)N1CCc2cc(OC)c(OC)cc2C1. The minimum Gasteiger partial charge on any atom is -0.493 e. The fourth-order valence-corrected chi connectivity index (χ4v) is 3.81.